The van der Waals surface area contributed by atoms with Crippen LogP contribution in [-0.2, 0) is 16.4 Å². The maximum Gasteiger partial charge on any atom is 0.416 e. The zero-order chi connectivity index (χ0) is 14.1. The van der Waals surface area contributed by atoms with Gasteiger partial charge in [0.05, 0.1) is 12.0 Å². The molecule has 0 heterocycles. The fourth-order valence-electron chi connectivity index (χ4n) is 1.73. The van der Waals surface area contributed by atoms with Gasteiger partial charge < -0.3 is 10.2 Å². The van der Waals surface area contributed by atoms with Crippen LogP contribution >= 0.6 is 0 Å². The molecule has 2 N–H and O–H groups in total. The molecule has 0 unspecified atom stereocenters. The molecule has 0 fully saturated rings. The van der Waals surface area contributed by atoms with Crippen LogP contribution in [0.5, 0.6) is 5.75 Å². The Morgan fingerprint density at radius 1 is 1.28 bits per heavy atom. The number of aliphatic carboxylic acids is 1. The van der Waals surface area contributed by atoms with Gasteiger partial charge in [0.2, 0.25) is 0 Å². The minimum Gasteiger partial charge on any atom is -0.508 e. The van der Waals surface area contributed by atoms with Gasteiger partial charge in [-0.2, -0.15) is 13.2 Å². The van der Waals surface area contributed by atoms with Crippen molar-refractivity contribution in [3.8, 4) is 5.75 Å². The van der Waals surface area contributed by atoms with E-state index >= 15 is 0 Å². The molecule has 6 heteroatoms. The number of carboxylic acids is 1. The van der Waals surface area contributed by atoms with E-state index < -0.39 is 23.1 Å². The highest BCUT2D eigenvalue weighted by atomic mass is 19.4. The largest absolute Gasteiger partial charge is 0.508 e. The molecule has 100 valence electrons. The van der Waals surface area contributed by atoms with Crippen molar-refractivity contribution in [1.29, 1.82) is 0 Å². The topological polar surface area (TPSA) is 57.5 Å². The SMILES string of the molecule is CC(C)(CC(=O)O)c1cc(C(F)(F)F)ccc1O. The minimum absolute atomic E-state index is 0.0280. The first-order chi connectivity index (χ1) is 8.04. The monoisotopic (exact) mass is 262 g/mol. The fraction of sp³-hybridized carbons (Fsp3) is 0.417. The highest BCUT2D eigenvalue weighted by Gasteiger charge is 2.34. The molecule has 0 radical (unpaired) electrons. The van der Waals surface area contributed by atoms with Gasteiger partial charge in [-0.1, -0.05) is 13.8 Å². The molecule has 18 heavy (non-hydrogen) atoms. The lowest BCUT2D eigenvalue weighted by Gasteiger charge is -2.25. The molecule has 0 aliphatic carbocycles. The quantitative estimate of drug-likeness (QED) is 0.879. The number of phenolic OH excluding ortho intramolecular Hbond substituents is 1. The van der Waals surface area contributed by atoms with Crippen LogP contribution < -0.4 is 0 Å². The van der Waals surface area contributed by atoms with Gasteiger partial charge in [-0.3, -0.25) is 4.79 Å². The number of aromatic hydroxyl groups is 1. The number of carbonyl (C=O) groups is 1. The van der Waals surface area contributed by atoms with Crippen LogP contribution in [0.25, 0.3) is 0 Å². The van der Waals surface area contributed by atoms with Gasteiger partial charge in [-0.05, 0) is 18.2 Å². The molecule has 0 saturated heterocycles. The van der Waals surface area contributed by atoms with Gasteiger partial charge in [-0.25, -0.2) is 0 Å². The van der Waals surface area contributed by atoms with Gasteiger partial charge in [0.1, 0.15) is 5.75 Å². The van der Waals surface area contributed by atoms with E-state index in [0.717, 1.165) is 18.2 Å². The summed E-state index contributed by atoms with van der Waals surface area (Å²) in [5.74, 6) is -1.48. The van der Waals surface area contributed by atoms with Gasteiger partial charge in [-0.15, -0.1) is 0 Å². The first kappa shape index (κ1) is 14.3. The molecule has 1 aromatic rings. The van der Waals surface area contributed by atoms with E-state index in [1.165, 1.54) is 13.8 Å². The van der Waals surface area contributed by atoms with Gasteiger partial charge >= 0.3 is 12.1 Å². The number of phenols is 1. The standard InChI is InChI=1S/C12H13F3O3/c1-11(2,6-10(17)18)8-5-7(12(13,14)15)3-4-9(8)16/h3-5,16H,6H2,1-2H3,(H,17,18). The number of halogens is 3. The van der Waals surface area contributed by atoms with Crippen molar-refractivity contribution in [3.05, 3.63) is 29.3 Å². The lowest BCUT2D eigenvalue weighted by Crippen LogP contribution is -2.22. The molecule has 0 atom stereocenters. The van der Waals surface area contributed by atoms with Crippen molar-refractivity contribution in [1.82, 2.24) is 0 Å². The number of rotatable bonds is 3. The second kappa shape index (κ2) is 4.51. The highest BCUT2D eigenvalue weighted by Crippen LogP contribution is 2.38. The fourth-order valence-corrected chi connectivity index (χ4v) is 1.73. The Bertz CT molecular complexity index is 464. The summed E-state index contributed by atoms with van der Waals surface area (Å²) in [6.07, 6.45) is -4.90. The molecule has 1 rings (SSSR count). The van der Waals surface area contributed by atoms with Crippen LogP contribution in [0.3, 0.4) is 0 Å². The van der Waals surface area contributed by atoms with Crippen LogP contribution in [0, 0.1) is 0 Å². The number of hydrogen-bond acceptors (Lipinski definition) is 2. The molecule has 0 aromatic heterocycles. The second-order valence-corrected chi connectivity index (χ2v) is 4.68. The lowest BCUT2D eigenvalue weighted by atomic mass is 9.80. The first-order valence-electron chi connectivity index (χ1n) is 5.16. The third kappa shape index (κ3) is 3.15. The number of hydrogen-bond donors (Lipinski definition) is 2. The highest BCUT2D eigenvalue weighted by molar-refractivity contribution is 5.69. The van der Waals surface area contributed by atoms with Gasteiger partial charge in [0.25, 0.3) is 0 Å². The molecule has 3 nitrogen and oxygen atoms in total. The summed E-state index contributed by atoms with van der Waals surface area (Å²) in [5.41, 5.74) is -2.02. The van der Waals surface area contributed by atoms with Crippen molar-refractivity contribution in [2.24, 2.45) is 0 Å². The Balaban J connectivity index is 3.27. The summed E-state index contributed by atoms with van der Waals surface area (Å²) in [7, 11) is 0. The van der Waals surface area contributed by atoms with E-state index in [4.69, 9.17) is 5.11 Å². The van der Waals surface area contributed by atoms with Crippen molar-refractivity contribution in [2.75, 3.05) is 0 Å². The zero-order valence-electron chi connectivity index (χ0n) is 9.88. The summed E-state index contributed by atoms with van der Waals surface area (Å²) < 4.78 is 37.7. The maximum atomic E-state index is 12.6. The van der Waals surface area contributed by atoms with Crippen molar-refractivity contribution in [2.45, 2.75) is 31.9 Å². The van der Waals surface area contributed by atoms with E-state index in [1.807, 2.05) is 0 Å². The molecule has 0 aliphatic rings. The normalized spacial score (nSPS) is 12.5. The molecule has 0 spiro atoms. The second-order valence-electron chi connectivity index (χ2n) is 4.68. The molecular weight excluding hydrogens is 249 g/mol. The minimum atomic E-state index is -4.53. The Morgan fingerprint density at radius 2 is 1.83 bits per heavy atom. The molecule has 0 aliphatic heterocycles. The Hall–Kier alpha value is -1.72. The third-order valence-corrected chi connectivity index (χ3v) is 2.65. The van der Waals surface area contributed by atoms with E-state index in [1.54, 1.807) is 0 Å². The lowest BCUT2D eigenvalue weighted by molar-refractivity contribution is -0.138. The molecule has 0 amide bonds. The van der Waals surface area contributed by atoms with Gasteiger partial charge in [0, 0.05) is 11.0 Å². The Labute approximate surface area is 102 Å². The maximum absolute atomic E-state index is 12.6. The van der Waals surface area contributed by atoms with Crippen LogP contribution in [0.1, 0.15) is 31.4 Å². The van der Waals surface area contributed by atoms with Crippen molar-refractivity contribution in [3.63, 3.8) is 0 Å². The average molecular weight is 262 g/mol. The molecule has 1 aromatic carbocycles. The van der Waals surface area contributed by atoms with Crippen molar-refractivity contribution < 1.29 is 28.2 Å². The predicted molar refractivity (Wildman–Crippen MR) is 58.4 cm³/mol. The van der Waals surface area contributed by atoms with E-state index in [-0.39, 0.29) is 17.7 Å². The zero-order valence-corrected chi connectivity index (χ0v) is 9.88. The van der Waals surface area contributed by atoms with Gasteiger partial charge in [0.15, 0.2) is 0 Å². The smallest absolute Gasteiger partial charge is 0.416 e. The number of carboxylic acid groups (broad SMARTS) is 1. The number of alkyl halides is 3. The van der Waals surface area contributed by atoms with E-state index in [0.29, 0.717) is 0 Å². The van der Waals surface area contributed by atoms with Crippen LogP contribution in [0.15, 0.2) is 18.2 Å². The third-order valence-electron chi connectivity index (χ3n) is 2.65. The first-order valence-corrected chi connectivity index (χ1v) is 5.16. The summed E-state index contributed by atoms with van der Waals surface area (Å²) in [4.78, 5) is 10.7. The summed E-state index contributed by atoms with van der Waals surface area (Å²) >= 11 is 0. The molecule has 0 bridgehead atoms. The molecule has 0 saturated carbocycles. The van der Waals surface area contributed by atoms with E-state index in [2.05, 4.69) is 0 Å². The van der Waals surface area contributed by atoms with E-state index in [9.17, 15) is 23.1 Å². The predicted octanol–water partition coefficient (Wildman–Crippen LogP) is 3.16. The summed E-state index contributed by atoms with van der Waals surface area (Å²) in [6.45, 7) is 2.94. The van der Waals surface area contributed by atoms with Crippen LogP contribution in [-0.4, -0.2) is 16.2 Å². The van der Waals surface area contributed by atoms with Crippen LogP contribution in [0.4, 0.5) is 13.2 Å². The molecular formula is C12H13F3O3. The van der Waals surface area contributed by atoms with Crippen LogP contribution in [0.2, 0.25) is 0 Å². The average Bonchev–Trinajstić information content (AvgIpc) is 2.13. The summed E-state index contributed by atoms with van der Waals surface area (Å²) in [5, 5.41) is 18.3. The number of benzene rings is 1. The Morgan fingerprint density at radius 3 is 2.28 bits per heavy atom. The van der Waals surface area contributed by atoms with Crippen molar-refractivity contribution >= 4 is 5.97 Å². The Kier molecular flexibility index (Phi) is 3.59. The summed E-state index contributed by atoms with van der Waals surface area (Å²) in [6, 6.07) is 2.48.